The Morgan fingerprint density at radius 2 is 2.10 bits per heavy atom. The Labute approximate surface area is 130 Å². The molecular weight excluding hydrogens is 288 g/mol. The maximum atomic E-state index is 12.0. The van der Waals surface area contributed by atoms with E-state index in [1.807, 2.05) is 19.9 Å². The molecule has 21 heavy (non-hydrogen) atoms. The van der Waals surface area contributed by atoms with Gasteiger partial charge in [0.05, 0.1) is 11.6 Å². The van der Waals surface area contributed by atoms with Gasteiger partial charge in [-0.3, -0.25) is 4.79 Å². The summed E-state index contributed by atoms with van der Waals surface area (Å²) in [7, 11) is 0. The molecule has 1 aromatic carbocycles. The normalized spacial score (nSPS) is 17.3. The molecule has 1 aliphatic heterocycles. The van der Waals surface area contributed by atoms with Crippen LogP contribution in [0.5, 0.6) is 5.75 Å². The number of hydrogen-bond acceptors (Lipinski definition) is 3. The predicted octanol–water partition coefficient (Wildman–Crippen LogP) is 3.64. The molecule has 0 amide bonds. The molecule has 0 saturated carbocycles. The van der Waals surface area contributed by atoms with Crippen LogP contribution in [-0.2, 0) is 22.4 Å². The highest BCUT2D eigenvalue weighted by Crippen LogP contribution is 2.37. The molecule has 1 aromatic rings. The van der Waals surface area contributed by atoms with Crippen molar-refractivity contribution in [3.05, 3.63) is 28.3 Å². The third-order valence-corrected chi connectivity index (χ3v) is 4.15. The molecule has 0 bridgehead atoms. The van der Waals surface area contributed by atoms with Gasteiger partial charge in [0.1, 0.15) is 17.3 Å². The van der Waals surface area contributed by atoms with Crippen molar-refractivity contribution >= 4 is 23.2 Å². The van der Waals surface area contributed by atoms with Crippen LogP contribution in [0, 0.1) is 11.8 Å². The first kappa shape index (κ1) is 16.0. The van der Waals surface area contributed by atoms with Crippen LogP contribution in [0.15, 0.2) is 12.1 Å². The fourth-order valence-electron chi connectivity index (χ4n) is 2.66. The van der Waals surface area contributed by atoms with E-state index in [2.05, 4.69) is 0 Å². The maximum Gasteiger partial charge on any atom is 0.141 e. The first-order valence-corrected chi connectivity index (χ1v) is 7.71. The van der Waals surface area contributed by atoms with E-state index in [0.717, 1.165) is 17.5 Å². The molecule has 0 saturated heterocycles. The minimum Gasteiger partial charge on any atom is -0.491 e. The molecule has 0 spiro atoms. The van der Waals surface area contributed by atoms with Gasteiger partial charge < -0.3 is 9.53 Å². The van der Waals surface area contributed by atoms with E-state index < -0.39 is 0 Å². The van der Waals surface area contributed by atoms with Crippen LogP contribution in [0.4, 0.5) is 0 Å². The summed E-state index contributed by atoms with van der Waals surface area (Å²) < 4.78 is 5.75. The molecule has 0 radical (unpaired) electrons. The van der Waals surface area contributed by atoms with Crippen LogP contribution in [-0.4, -0.2) is 18.2 Å². The lowest BCUT2D eigenvalue weighted by molar-refractivity contribution is -0.121. The second kappa shape index (κ2) is 6.61. The van der Waals surface area contributed by atoms with E-state index in [-0.39, 0.29) is 23.4 Å². The number of benzene rings is 1. The summed E-state index contributed by atoms with van der Waals surface area (Å²) >= 11 is 6.19. The van der Waals surface area contributed by atoms with Crippen molar-refractivity contribution in [1.29, 1.82) is 0 Å². The molecule has 114 valence electrons. The van der Waals surface area contributed by atoms with Gasteiger partial charge in [-0.2, -0.15) is 0 Å². The van der Waals surface area contributed by atoms with Crippen LogP contribution >= 0.6 is 11.6 Å². The first-order chi connectivity index (χ1) is 9.88. The highest BCUT2D eigenvalue weighted by atomic mass is 35.5. The van der Waals surface area contributed by atoms with Crippen molar-refractivity contribution in [2.75, 3.05) is 6.61 Å². The van der Waals surface area contributed by atoms with E-state index in [1.165, 1.54) is 0 Å². The predicted molar refractivity (Wildman–Crippen MR) is 83.0 cm³/mol. The number of halogens is 1. The third-order valence-electron chi connectivity index (χ3n) is 3.85. The van der Waals surface area contributed by atoms with Crippen LogP contribution < -0.4 is 4.74 Å². The lowest BCUT2D eigenvalue weighted by atomic mass is 9.87. The number of carbonyl (C=O) groups is 2. The van der Waals surface area contributed by atoms with Gasteiger partial charge in [-0.15, -0.1) is 0 Å². The summed E-state index contributed by atoms with van der Waals surface area (Å²) in [5.41, 5.74) is 1.97. The molecule has 1 unspecified atom stereocenters. The molecule has 0 fully saturated rings. The Balaban J connectivity index is 2.28. The zero-order chi connectivity index (χ0) is 15.6. The summed E-state index contributed by atoms with van der Waals surface area (Å²) in [5, 5.41) is 0.576. The van der Waals surface area contributed by atoms with Crippen molar-refractivity contribution < 1.29 is 14.3 Å². The Morgan fingerprint density at radius 3 is 2.71 bits per heavy atom. The molecule has 0 N–H and O–H groups in total. The fourth-order valence-corrected chi connectivity index (χ4v) is 2.90. The maximum absolute atomic E-state index is 12.0. The van der Waals surface area contributed by atoms with E-state index in [0.29, 0.717) is 30.2 Å². The van der Waals surface area contributed by atoms with E-state index in [9.17, 15) is 9.59 Å². The van der Waals surface area contributed by atoms with Gasteiger partial charge in [0.25, 0.3) is 0 Å². The topological polar surface area (TPSA) is 43.4 Å². The zero-order valence-corrected chi connectivity index (χ0v) is 13.5. The van der Waals surface area contributed by atoms with Crippen molar-refractivity contribution in [3.63, 3.8) is 0 Å². The van der Waals surface area contributed by atoms with Gasteiger partial charge >= 0.3 is 0 Å². The van der Waals surface area contributed by atoms with Gasteiger partial charge in [0.2, 0.25) is 0 Å². The standard InChI is InChI=1S/C17H21ClO3/c1-10(2)16(20)8-13-4-5-15(18)17-14(13)7-12(9-21-17)6-11(3)19/h4-5,10,12H,6-9H2,1-3H3. The number of carbonyl (C=O) groups excluding carboxylic acids is 2. The SMILES string of the molecule is CC(=O)CC1COc2c(Cl)ccc(CC(=O)C(C)C)c2C1. The summed E-state index contributed by atoms with van der Waals surface area (Å²) in [4.78, 5) is 23.3. The highest BCUT2D eigenvalue weighted by molar-refractivity contribution is 6.32. The van der Waals surface area contributed by atoms with Crippen LogP contribution in [0.25, 0.3) is 0 Å². The Morgan fingerprint density at radius 1 is 1.38 bits per heavy atom. The average molecular weight is 309 g/mol. The van der Waals surface area contributed by atoms with Gasteiger partial charge in [-0.1, -0.05) is 31.5 Å². The summed E-state index contributed by atoms with van der Waals surface area (Å²) in [6.45, 7) is 5.91. The van der Waals surface area contributed by atoms with Gasteiger partial charge in [0.15, 0.2) is 0 Å². The summed E-state index contributed by atoms with van der Waals surface area (Å²) in [5.74, 6) is 1.22. The minimum atomic E-state index is 0.00820. The lowest BCUT2D eigenvalue weighted by Gasteiger charge is -2.27. The zero-order valence-electron chi connectivity index (χ0n) is 12.7. The monoisotopic (exact) mass is 308 g/mol. The number of rotatable bonds is 5. The van der Waals surface area contributed by atoms with E-state index in [1.54, 1.807) is 13.0 Å². The van der Waals surface area contributed by atoms with E-state index >= 15 is 0 Å². The molecule has 0 aliphatic carbocycles. The van der Waals surface area contributed by atoms with Crippen molar-refractivity contribution in [2.24, 2.45) is 11.8 Å². The smallest absolute Gasteiger partial charge is 0.141 e. The quantitative estimate of drug-likeness (QED) is 0.834. The fraction of sp³-hybridized carbons (Fsp3) is 0.529. The van der Waals surface area contributed by atoms with Gasteiger partial charge in [0, 0.05) is 24.7 Å². The molecule has 1 atom stereocenters. The van der Waals surface area contributed by atoms with Gasteiger partial charge in [-0.25, -0.2) is 0 Å². The Bertz CT molecular complexity index is 563. The number of Topliss-reactive ketones (excluding diaryl/α,β-unsaturated/α-hetero) is 2. The first-order valence-electron chi connectivity index (χ1n) is 7.33. The molecule has 0 aromatic heterocycles. The lowest BCUT2D eigenvalue weighted by Crippen LogP contribution is -2.24. The molecule has 2 rings (SSSR count). The second-order valence-electron chi connectivity index (χ2n) is 6.10. The van der Waals surface area contributed by atoms with Gasteiger partial charge in [-0.05, 0) is 30.5 Å². The largest absolute Gasteiger partial charge is 0.491 e. The second-order valence-corrected chi connectivity index (χ2v) is 6.51. The van der Waals surface area contributed by atoms with Crippen molar-refractivity contribution in [2.45, 2.75) is 40.0 Å². The summed E-state index contributed by atoms with van der Waals surface area (Å²) in [6, 6.07) is 3.69. The highest BCUT2D eigenvalue weighted by Gasteiger charge is 2.26. The Kier molecular flexibility index (Phi) is 5.04. The molecule has 1 aliphatic rings. The minimum absolute atomic E-state index is 0.00820. The average Bonchev–Trinajstić information content (AvgIpc) is 2.41. The summed E-state index contributed by atoms with van der Waals surface area (Å²) in [6.07, 6.45) is 1.65. The molecule has 3 nitrogen and oxygen atoms in total. The van der Waals surface area contributed by atoms with Crippen LogP contribution in [0.2, 0.25) is 5.02 Å². The van der Waals surface area contributed by atoms with Crippen LogP contribution in [0.1, 0.15) is 38.3 Å². The van der Waals surface area contributed by atoms with E-state index in [4.69, 9.17) is 16.3 Å². The molecule has 4 heteroatoms. The third kappa shape index (κ3) is 3.85. The molecular formula is C17H21ClO3. The molecule has 1 heterocycles. The number of hydrogen-bond donors (Lipinski definition) is 0. The number of ether oxygens (including phenoxy) is 1. The Hall–Kier alpha value is -1.35. The van der Waals surface area contributed by atoms with Crippen molar-refractivity contribution in [1.82, 2.24) is 0 Å². The van der Waals surface area contributed by atoms with Crippen LogP contribution in [0.3, 0.4) is 0 Å². The number of fused-ring (bicyclic) bond motifs is 1. The van der Waals surface area contributed by atoms with Crippen molar-refractivity contribution in [3.8, 4) is 5.75 Å². The number of ketones is 2.